The molecule has 37 heavy (non-hydrogen) atoms. The number of fused-ring (bicyclic) bond motifs is 1. The van der Waals surface area contributed by atoms with E-state index < -0.39 is 5.82 Å². The van der Waals surface area contributed by atoms with E-state index in [1.165, 1.54) is 18.6 Å². The average molecular weight is 524 g/mol. The number of morpholine rings is 1. The standard InChI is InChI=1S/C27H26FN5O3.ClH/c28-20-14-17(34)6-7-18(20)26-19(15-29)23(21-8-9-22(36-21)33-10-12-35-13-11-33)24-25(31-32-27(24)30-26)16-4-2-1-3-5-16;/h6-9,14,16,34H,1-5,10-13H2,(H,30,31,32);1H. The minimum Gasteiger partial charge on any atom is -0.508 e. The van der Waals surface area contributed by atoms with Crippen LogP contribution in [0.5, 0.6) is 5.75 Å². The number of phenols is 1. The minimum absolute atomic E-state index is 0. The van der Waals surface area contributed by atoms with E-state index in [-0.39, 0.29) is 40.9 Å². The van der Waals surface area contributed by atoms with Crippen molar-refractivity contribution in [3.05, 3.63) is 47.4 Å². The molecule has 0 radical (unpaired) electrons. The summed E-state index contributed by atoms with van der Waals surface area (Å²) in [6.07, 6.45) is 5.55. The van der Waals surface area contributed by atoms with Crippen LogP contribution in [-0.2, 0) is 4.74 Å². The van der Waals surface area contributed by atoms with Crippen LogP contribution >= 0.6 is 12.4 Å². The number of pyridine rings is 1. The van der Waals surface area contributed by atoms with E-state index in [9.17, 15) is 14.8 Å². The largest absolute Gasteiger partial charge is 0.508 e. The molecule has 3 aromatic heterocycles. The van der Waals surface area contributed by atoms with Crippen LogP contribution in [0.3, 0.4) is 0 Å². The van der Waals surface area contributed by atoms with Crippen molar-refractivity contribution in [1.29, 1.82) is 5.26 Å². The van der Waals surface area contributed by atoms with Crippen molar-refractivity contribution in [2.75, 3.05) is 31.2 Å². The molecule has 4 heterocycles. The lowest BCUT2D eigenvalue weighted by atomic mass is 9.84. The van der Waals surface area contributed by atoms with Crippen LogP contribution in [0, 0.1) is 17.1 Å². The number of hydrogen-bond acceptors (Lipinski definition) is 7. The summed E-state index contributed by atoms with van der Waals surface area (Å²) in [6, 6.07) is 9.86. The Bertz CT molecular complexity index is 1460. The topological polar surface area (TPSA) is 111 Å². The Hall–Kier alpha value is -3.61. The van der Waals surface area contributed by atoms with Gasteiger partial charge in [-0.1, -0.05) is 19.3 Å². The fourth-order valence-electron chi connectivity index (χ4n) is 5.43. The molecule has 4 aromatic rings. The Morgan fingerprint density at radius 1 is 1.11 bits per heavy atom. The second-order valence-corrected chi connectivity index (χ2v) is 9.39. The van der Waals surface area contributed by atoms with Gasteiger partial charge < -0.3 is 19.2 Å². The Labute approximate surface area is 219 Å². The number of rotatable bonds is 4. The lowest BCUT2D eigenvalue weighted by molar-refractivity contribution is 0.121. The van der Waals surface area contributed by atoms with Crippen molar-refractivity contribution in [3.63, 3.8) is 0 Å². The van der Waals surface area contributed by atoms with Crippen molar-refractivity contribution in [2.24, 2.45) is 0 Å². The third-order valence-electron chi connectivity index (χ3n) is 7.22. The summed E-state index contributed by atoms with van der Waals surface area (Å²) in [6.45, 7) is 2.67. The summed E-state index contributed by atoms with van der Waals surface area (Å²) < 4.78 is 26.7. The molecule has 0 spiro atoms. The second kappa shape index (κ2) is 10.4. The minimum atomic E-state index is -0.666. The number of aromatic amines is 1. The number of nitriles is 1. The molecule has 0 atom stereocenters. The van der Waals surface area contributed by atoms with Gasteiger partial charge in [0.25, 0.3) is 0 Å². The average Bonchev–Trinajstić information content (AvgIpc) is 3.56. The van der Waals surface area contributed by atoms with Gasteiger partial charge in [-0.25, -0.2) is 9.37 Å². The molecule has 1 aliphatic carbocycles. The fourth-order valence-corrected chi connectivity index (χ4v) is 5.43. The predicted molar refractivity (Wildman–Crippen MR) is 139 cm³/mol. The summed E-state index contributed by atoms with van der Waals surface area (Å²) >= 11 is 0. The van der Waals surface area contributed by atoms with Crippen LogP contribution in [0.4, 0.5) is 10.3 Å². The molecule has 2 fully saturated rings. The Morgan fingerprint density at radius 2 is 1.89 bits per heavy atom. The summed E-state index contributed by atoms with van der Waals surface area (Å²) in [7, 11) is 0. The van der Waals surface area contributed by atoms with Crippen LogP contribution in [0.25, 0.3) is 33.6 Å². The molecule has 0 unspecified atom stereocenters. The highest BCUT2D eigenvalue weighted by Crippen LogP contribution is 2.44. The molecule has 1 aliphatic heterocycles. The fraction of sp³-hybridized carbons (Fsp3) is 0.370. The molecule has 0 amide bonds. The number of furan rings is 1. The van der Waals surface area contributed by atoms with E-state index in [0.29, 0.717) is 49.2 Å². The lowest BCUT2D eigenvalue weighted by Gasteiger charge is -2.26. The molecule has 8 nitrogen and oxygen atoms in total. The van der Waals surface area contributed by atoms with Crippen LogP contribution in [0.15, 0.2) is 34.7 Å². The van der Waals surface area contributed by atoms with E-state index in [0.717, 1.165) is 42.8 Å². The van der Waals surface area contributed by atoms with Gasteiger partial charge in [-0.3, -0.25) is 5.10 Å². The number of nitrogens with one attached hydrogen (secondary N) is 1. The number of phenolic OH excluding ortho intramolecular Hbond substituents is 1. The Balaban J connectivity index is 0.00000280. The normalized spacial score (nSPS) is 16.5. The van der Waals surface area contributed by atoms with Crippen LogP contribution in [-0.4, -0.2) is 46.6 Å². The number of aromatic hydroxyl groups is 1. The molecule has 6 rings (SSSR count). The molecular weight excluding hydrogens is 497 g/mol. The van der Waals surface area contributed by atoms with Gasteiger partial charge in [0, 0.05) is 42.4 Å². The highest BCUT2D eigenvalue weighted by molar-refractivity contribution is 6.00. The molecule has 1 saturated heterocycles. The van der Waals surface area contributed by atoms with E-state index >= 15 is 0 Å². The van der Waals surface area contributed by atoms with Gasteiger partial charge in [0.05, 0.1) is 35.4 Å². The monoisotopic (exact) mass is 523 g/mol. The summed E-state index contributed by atoms with van der Waals surface area (Å²) in [5.74, 6) is 0.625. The number of aromatic nitrogens is 3. The molecule has 10 heteroatoms. The number of benzene rings is 1. The highest BCUT2D eigenvalue weighted by atomic mass is 35.5. The number of anilines is 1. The molecule has 2 aliphatic rings. The first-order valence-electron chi connectivity index (χ1n) is 12.4. The molecule has 2 N–H and O–H groups in total. The first kappa shape index (κ1) is 25.1. The summed E-state index contributed by atoms with van der Waals surface area (Å²) in [5, 5.41) is 28.5. The van der Waals surface area contributed by atoms with Crippen molar-refractivity contribution >= 4 is 29.3 Å². The van der Waals surface area contributed by atoms with Crippen LogP contribution < -0.4 is 4.90 Å². The maximum Gasteiger partial charge on any atom is 0.196 e. The zero-order valence-corrected chi connectivity index (χ0v) is 21.0. The van der Waals surface area contributed by atoms with Gasteiger partial charge >= 0.3 is 0 Å². The Morgan fingerprint density at radius 3 is 2.62 bits per heavy atom. The molecule has 1 aromatic carbocycles. The SMILES string of the molecule is Cl.N#Cc1c(-c2ccc(O)cc2F)nc2n[nH]c(C3CCCCC3)c2c1-c1ccc(N2CCOCC2)o1. The van der Waals surface area contributed by atoms with E-state index in [1.54, 1.807) is 0 Å². The van der Waals surface area contributed by atoms with Crippen LogP contribution in [0.2, 0.25) is 0 Å². The van der Waals surface area contributed by atoms with Gasteiger partial charge in [-0.15, -0.1) is 12.4 Å². The maximum absolute atomic E-state index is 15.0. The Kier molecular flexibility index (Phi) is 7.04. The quantitative estimate of drug-likeness (QED) is 0.342. The zero-order chi connectivity index (χ0) is 24.6. The van der Waals surface area contributed by atoms with Crippen molar-refractivity contribution < 1.29 is 18.7 Å². The van der Waals surface area contributed by atoms with Gasteiger partial charge in [0.15, 0.2) is 11.5 Å². The molecule has 192 valence electrons. The lowest BCUT2D eigenvalue weighted by Crippen LogP contribution is -2.35. The van der Waals surface area contributed by atoms with E-state index in [1.807, 2.05) is 12.1 Å². The van der Waals surface area contributed by atoms with Crippen molar-refractivity contribution in [1.82, 2.24) is 15.2 Å². The van der Waals surface area contributed by atoms with Crippen molar-refractivity contribution in [3.8, 4) is 34.4 Å². The zero-order valence-electron chi connectivity index (χ0n) is 20.2. The van der Waals surface area contributed by atoms with Gasteiger partial charge in [0.2, 0.25) is 0 Å². The predicted octanol–water partition coefficient (Wildman–Crippen LogP) is 5.91. The van der Waals surface area contributed by atoms with E-state index in [2.05, 4.69) is 26.2 Å². The third-order valence-corrected chi connectivity index (χ3v) is 7.22. The van der Waals surface area contributed by atoms with Crippen molar-refractivity contribution in [2.45, 2.75) is 38.0 Å². The van der Waals surface area contributed by atoms with Crippen LogP contribution in [0.1, 0.15) is 49.3 Å². The number of ether oxygens (including phenoxy) is 1. The van der Waals surface area contributed by atoms with Gasteiger partial charge in [-0.2, -0.15) is 10.4 Å². The first-order chi connectivity index (χ1) is 17.6. The van der Waals surface area contributed by atoms with Gasteiger partial charge in [-0.05, 0) is 31.0 Å². The second-order valence-electron chi connectivity index (χ2n) is 9.39. The highest BCUT2D eigenvalue weighted by Gasteiger charge is 2.29. The number of halogens is 2. The summed E-state index contributed by atoms with van der Waals surface area (Å²) in [5.41, 5.74) is 2.44. The molecule has 0 bridgehead atoms. The number of hydrogen-bond donors (Lipinski definition) is 2. The van der Waals surface area contributed by atoms with Gasteiger partial charge in [0.1, 0.15) is 23.4 Å². The number of H-pyrrole nitrogens is 1. The first-order valence-corrected chi connectivity index (χ1v) is 12.4. The molecule has 1 saturated carbocycles. The smallest absolute Gasteiger partial charge is 0.196 e. The maximum atomic E-state index is 15.0. The third kappa shape index (κ3) is 4.52. The molecular formula is C27H27ClFN5O3. The van der Waals surface area contributed by atoms with E-state index in [4.69, 9.17) is 9.15 Å². The summed E-state index contributed by atoms with van der Waals surface area (Å²) in [4.78, 5) is 6.76. The number of nitrogens with zero attached hydrogens (tertiary/aromatic N) is 4.